The Morgan fingerprint density at radius 1 is 1.12 bits per heavy atom. The number of aliphatic hydroxyl groups excluding tert-OH is 1. The van der Waals surface area contributed by atoms with Crippen molar-refractivity contribution in [2.24, 2.45) is 28.6 Å². The lowest BCUT2D eigenvalue weighted by atomic mass is 9.45. The highest BCUT2D eigenvalue weighted by Crippen LogP contribution is 2.67. The summed E-state index contributed by atoms with van der Waals surface area (Å²) in [6.45, 7) is 3.25. The molecule has 0 aromatic heterocycles. The molecule has 0 aliphatic heterocycles. The van der Waals surface area contributed by atoms with Crippen LogP contribution in [0, 0.1) is 38.7 Å². The van der Waals surface area contributed by atoms with Gasteiger partial charge in [-0.3, -0.25) is 29.3 Å². The van der Waals surface area contributed by atoms with E-state index in [1.165, 1.54) is 6.07 Å². The van der Waals surface area contributed by atoms with Gasteiger partial charge in [-0.25, -0.2) is 4.79 Å². The van der Waals surface area contributed by atoms with E-state index >= 15 is 0 Å². The molecular weight excluding hydrogens is 640 g/mol. The zero-order chi connectivity index (χ0) is 35.9. The number of nitro benzene ring substituents is 1. The molecule has 0 spiro atoms. The predicted octanol–water partition coefficient (Wildman–Crippen LogP) is 2.63. The van der Waals surface area contributed by atoms with Crippen LogP contribution >= 0.6 is 0 Å². The van der Waals surface area contributed by atoms with E-state index in [1.807, 2.05) is 6.92 Å². The maximum Gasteiger partial charge on any atom is 0.328 e. The summed E-state index contributed by atoms with van der Waals surface area (Å²) in [5.74, 6) is -3.60. The first-order valence-corrected chi connectivity index (χ1v) is 16.7. The smallest absolute Gasteiger partial charge is 0.328 e. The van der Waals surface area contributed by atoms with Crippen LogP contribution in [0.4, 0.5) is 5.69 Å². The first kappa shape index (κ1) is 36.1. The van der Waals surface area contributed by atoms with Gasteiger partial charge in [0, 0.05) is 30.7 Å². The highest BCUT2D eigenvalue weighted by Gasteiger charge is 2.68. The molecule has 14 nitrogen and oxygen atoms in total. The topological polar surface area (TPSA) is 220 Å². The van der Waals surface area contributed by atoms with Gasteiger partial charge in [0.15, 0.2) is 18.1 Å². The van der Waals surface area contributed by atoms with Crippen molar-refractivity contribution in [1.29, 1.82) is 0 Å². The number of nitrogens with zero attached hydrogens (tertiary/aromatic N) is 1. The van der Waals surface area contributed by atoms with Crippen molar-refractivity contribution in [1.82, 2.24) is 5.32 Å². The number of benzene rings is 1. The maximum absolute atomic E-state index is 13.5. The molecular formula is C35H44N2O12. The molecule has 4 aliphatic rings. The number of aliphatic hydroxyl groups is 2. The number of nitro groups is 1. The summed E-state index contributed by atoms with van der Waals surface area (Å²) in [4.78, 5) is 73.6. The van der Waals surface area contributed by atoms with E-state index in [0.29, 0.717) is 19.3 Å². The number of aromatic hydroxyl groups is 1. The van der Waals surface area contributed by atoms with Crippen LogP contribution in [0.25, 0.3) is 0 Å². The van der Waals surface area contributed by atoms with Crippen LogP contribution in [0.15, 0.2) is 29.8 Å². The van der Waals surface area contributed by atoms with Crippen LogP contribution < -0.4 is 5.32 Å². The molecule has 0 heterocycles. The molecule has 1 unspecified atom stereocenters. The predicted molar refractivity (Wildman–Crippen MR) is 171 cm³/mol. The lowest BCUT2D eigenvalue weighted by Gasteiger charge is -2.60. The number of methoxy groups -OCH3 is 1. The molecule has 0 bridgehead atoms. The van der Waals surface area contributed by atoms with Gasteiger partial charge in [0.25, 0.3) is 0 Å². The Labute approximate surface area is 283 Å². The lowest BCUT2D eigenvalue weighted by Crippen LogP contribution is -2.62. The third-order valence-corrected chi connectivity index (χ3v) is 11.9. The standard InChI is InChI=1S/C35H44N2O12/c1-33-12-10-21(38)16-20(33)5-6-22-23-11-13-35(45,34(23,2)17-27(40)31(22)33)28(41)18-49-30(43)9-8-29(42)36-24(32(44)48-3)14-19-4-7-26(39)25(15-19)37(46)47/h4,7,15-16,22-24,27,31,39-40,45H,5-6,8-14,17-18H2,1-3H3,(H,36,42)/t22-,23-,24-,27?,31+,33-,34-,35-/m0/s1. The first-order chi connectivity index (χ1) is 23.0. The minimum atomic E-state index is -1.82. The highest BCUT2D eigenvalue weighted by molar-refractivity contribution is 5.92. The van der Waals surface area contributed by atoms with Crippen molar-refractivity contribution in [3.05, 3.63) is 45.5 Å². The third kappa shape index (κ3) is 6.60. The number of hydrogen-bond acceptors (Lipinski definition) is 12. The third-order valence-electron chi connectivity index (χ3n) is 11.9. The Kier molecular flexibility index (Phi) is 10.0. The molecule has 4 aliphatic carbocycles. The average Bonchev–Trinajstić information content (AvgIpc) is 3.33. The Hall–Kier alpha value is -4.17. The van der Waals surface area contributed by atoms with Crippen molar-refractivity contribution in [2.75, 3.05) is 13.7 Å². The SMILES string of the molecule is COC(=O)[C@H](Cc1ccc(O)c([N+](=O)[O-])c1)NC(=O)CCC(=O)OCC(=O)[C@@]1(O)CC[C@H]2[C@@H]3CCC4=CC(=O)CC[C@]4(C)[C@H]3C(O)C[C@@]21C. The van der Waals surface area contributed by atoms with Crippen molar-refractivity contribution in [2.45, 2.75) is 95.8 Å². The Bertz CT molecular complexity index is 1590. The van der Waals surface area contributed by atoms with Gasteiger partial charge in [-0.05, 0) is 79.4 Å². The summed E-state index contributed by atoms with van der Waals surface area (Å²) >= 11 is 0. The number of phenols is 1. The number of ketones is 2. The molecule has 8 atom stereocenters. The van der Waals surface area contributed by atoms with Crippen molar-refractivity contribution in [3.8, 4) is 5.75 Å². The molecule has 49 heavy (non-hydrogen) atoms. The molecule has 4 N–H and O–H groups in total. The van der Waals surface area contributed by atoms with E-state index in [9.17, 15) is 49.4 Å². The van der Waals surface area contributed by atoms with Crippen LogP contribution in [0.3, 0.4) is 0 Å². The van der Waals surface area contributed by atoms with Crippen LogP contribution in [-0.4, -0.2) is 81.1 Å². The van der Waals surface area contributed by atoms with Gasteiger partial charge in [-0.1, -0.05) is 25.5 Å². The fourth-order valence-corrected chi connectivity index (χ4v) is 9.38. The molecule has 0 radical (unpaired) electrons. The zero-order valence-corrected chi connectivity index (χ0v) is 27.9. The first-order valence-electron chi connectivity index (χ1n) is 16.7. The van der Waals surface area contributed by atoms with E-state index in [4.69, 9.17) is 9.47 Å². The van der Waals surface area contributed by atoms with Crippen molar-refractivity contribution in [3.63, 3.8) is 0 Å². The van der Waals surface area contributed by atoms with Gasteiger partial charge in [0.1, 0.15) is 11.6 Å². The fraction of sp³-hybridized carbons (Fsp3) is 0.629. The van der Waals surface area contributed by atoms with Crippen LogP contribution in [-0.2, 0) is 39.9 Å². The maximum atomic E-state index is 13.5. The second kappa shape index (κ2) is 13.6. The van der Waals surface area contributed by atoms with Gasteiger partial charge in [-0.15, -0.1) is 0 Å². The number of amides is 1. The number of allylic oxidation sites excluding steroid dienone is 1. The van der Waals surface area contributed by atoms with E-state index in [-0.39, 0.29) is 53.8 Å². The van der Waals surface area contributed by atoms with Gasteiger partial charge < -0.3 is 30.1 Å². The number of fused-ring (bicyclic) bond motifs is 5. The lowest BCUT2D eigenvalue weighted by molar-refractivity contribution is -0.385. The molecule has 1 aromatic carbocycles. The number of ether oxygens (including phenoxy) is 2. The Morgan fingerprint density at radius 2 is 1.86 bits per heavy atom. The van der Waals surface area contributed by atoms with Gasteiger partial charge in [0.05, 0.1) is 24.6 Å². The second-order valence-corrected chi connectivity index (χ2v) is 14.5. The molecule has 1 aromatic rings. The molecule has 1 amide bonds. The molecule has 266 valence electrons. The number of Topliss-reactive ketones (excluding diaryl/α,β-unsaturated/α-hetero) is 1. The van der Waals surface area contributed by atoms with E-state index in [2.05, 4.69) is 12.2 Å². The number of phenolic OH excluding ortho intramolecular Hbond substituents is 1. The largest absolute Gasteiger partial charge is 0.502 e. The Morgan fingerprint density at radius 3 is 2.55 bits per heavy atom. The summed E-state index contributed by atoms with van der Waals surface area (Å²) in [5, 5.41) is 46.7. The highest BCUT2D eigenvalue weighted by atomic mass is 16.6. The van der Waals surface area contributed by atoms with E-state index in [1.54, 1.807) is 6.08 Å². The second-order valence-electron chi connectivity index (χ2n) is 14.5. The van der Waals surface area contributed by atoms with Crippen molar-refractivity contribution >= 4 is 35.1 Å². The fourth-order valence-electron chi connectivity index (χ4n) is 9.38. The quantitative estimate of drug-likeness (QED) is 0.150. The number of carbonyl (C=O) groups excluding carboxylic acids is 5. The van der Waals surface area contributed by atoms with Crippen LogP contribution in [0.5, 0.6) is 5.75 Å². The molecule has 3 saturated carbocycles. The van der Waals surface area contributed by atoms with Crippen LogP contribution in [0.2, 0.25) is 0 Å². The molecule has 0 saturated heterocycles. The molecule has 14 heteroatoms. The minimum absolute atomic E-state index is 0.0410. The van der Waals surface area contributed by atoms with Gasteiger partial charge in [0.2, 0.25) is 11.7 Å². The summed E-state index contributed by atoms with van der Waals surface area (Å²) in [5.41, 5.74) is -2.30. The number of rotatable bonds is 11. The number of esters is 2. The van der Waals surface area contributed by atoms with Gasteiger partial charge >= 0.3 is 17.6 Å². The van der Waals surface area contributed by atoms with Gasteiger partial charge in [-0.2, -0.15) is 0 Å². The van der Waals surface area contributed by atoms with E-state index < -0.39 is 82.6 Å². The monoisotopic (exact) mass is 684 g/mol. The Balaban J connectivity index is 1.16. The van der Waals surface area contributed by atoms with Crippen molar-refractivity contribution < 1.29 is 53.7 Å². The summed E-state index contributed by atoms with van der Waals surface area (Å²) in [7, 11) is 1.10. The number of hydrogen-bond donors (Lipinski definition) is 4. The molecule has 3 fully saturated rings. The normalized spacial score (nSPS) is 32.4. The summed E-state index contributed by atoms with van der Waals surface area (Å²) < 4.78 is 9.92. The van der Waals surface area contributed by atoms with Crippen LogP contribution in [0.1, 0.15) is 77.2 Å². The summed E-state index contributed by atoms with van der Waals surface area (Å²) in [6, 6.07) is 2.28. The zero-order valence-electron chi connectivity index (χ0n) is 27.9. The number of nitrogens with one attached hydrogen (secondary N) is 1. The van der Waals surface area contributed by atoms with E-state index in [0.717, 1.165) is 37.7 Å². The number of carbonyl (C=O) groups is 5. The molecule has 5 rings (SSSR count). The summed E-state index contributed by atoms with van der Waals surface area (Å²) in [6.07, 6.45) is 3.47. The average molecular weight is 685 g/mol. The minimum Gasteiger partial charge on any atom is -0.502 e.